The first-order chi connectivity index (χ1) is 23.9. The Morgan fingerprint density at radius 3 is 1.56 bits per heavy atom. The summed E-state index contributed by atoms with van der Waals surface area (Å²) in [6.07, 6.45) is -8.09. The summed E-state index contributed by atoms with van der Waals surface area (Å²) >= 11 is 0. The molecular weight excluding hydrogens is 636 g/mol. The minimum atomic E-state index is -2.60. The lowest BCUT2D eigenvalue weighted by Gasteiger charge is -2.63. The number of ketones is 2. The van der Waals surface area contributed by atoms with E-state index in [0.717, 1.165) is 6.92 Å². The van der Waals surface area contributed by atoms with Crippen molar-refractivity contribution in [1.29, 1.82) is 0 Å². The van der Waals surface area contributed by atoms with Crippen molar-refractivity contribution in [3.8, 4) is 0 Å². The van der Waals surface area contributed by atoms with E-state index in [9.17, 15) is 40.2 Å². The van der Waals surface area contributed by atoms with Crippen LogP contribution in [0.15, 0.2) is 133 Å². The van der Waals surface area contributed by atoms with Crippen molar-refractivity contribution in [2.75, 3.05) is 0 Å². The second-order valence-electron chi connectivity index (χ2n) is 13.6. The van der Waals surface area contributed by atoms with Gasteiger partial charge in [0.1, 0.15) is 46.4 Å². The summed E-state index contributed by atoms with van der Waals surface area (Å²) in [5.74, 6) is -4.37. The fourth-order valence-corrected chi connectivity index (χ4v) is 7.90. The Kier molecular flexibility index (Phi) is 9.92. The van der Waals surface area contributed by atoms with E-state index in [4.69, 9.17) is 4.74 Å². The molecule has 6 N–H and O–H groups in total. The molecule has 9 nitrogen and oxygen atoms in total. The maximum absolute atomic E-state index is 13.5. The lowest BCUT2D eigenvalue weighted by atomic mass is 9.55. The van der Waals surface area contributed by atoms with E-state index in [-0.39, 0.29) is 25.7 Å². The quantitative estimate of drug-likeness (QED) is 0.131. The molecule has 0 aromatic heterocycles. The predicted molar refractivity (Wildman–Crippen MR) is 185 cm³/mol. The van der Waals surface area contributed by atoms with Crippen LogP contribution in [-0.2, 0) is 40.0 Å². The fourth-order valence-electron chi connectivity index (χ4n) is 7.90. The SMILES string of the molecule is CC(=O)C1=C(O)C(C2O[C@H](C(O)Cc3ccccc3)[C@](O)(Cc3ccccc3)[C@@](O)(Cc3ccccc3)[C@]2(O)Cc2ccccc2)C(O)C1=O. The van der Waals surface area contributed by atoms with E-state index in [2.05, 4.69) is 0 Å². The number of ether oxygens (including phenoxy) is 1. The number of benzene rings is 4. The topological polar surface area (TPSA) is 165 Å². The van der Waals surface area contributed by atoms with Crippen molar-refractivity contribution < 1.29 is 45.0 Å². The Labute approximate surface area is 290 Å². The maximum atomic E-state index is 13.5. The number of hydrogen-bond donors (Lipinski definition) is 6. The molecule has 1 saturated heterocycles. The minimum absolute atomic E-state index is 0.0411. The molecule has 50 heavy (non-hydrogen) atoms. The average molecular weight is 679 g/mol. The van der Waals surface area contributed by atoms with Crippen LogP contribution < -0.4 is 0 Å². The first-order valence-electron chi connectivity index (χ1n) is 16.7. The van der Waals surface area contributed by atoms with Crippen LogP contribution in [0.2, 0.25) is 0 Å². The van der Waals surface area contributed by atoms with Gasteiger partial charge in [0, 0.05) is 25.7 Å². The zero-order chi connectivity index (χ0) is 35.7. The molecule has 2 aliphatic rings. The number of hydrogen-bond acceptors (Lipinski definition) is 9. The summed E-state index contributed by atoms with van der Waals surface area (Å²) in [5, 5.41) is 75.0. The second-order valence-corrected chi connectivity index (χ2v) is 13.6. The number of carbonyl (C=O) groups excluding carboxylic acids is 2. The van der Waals surface area contributed by atoms with Crippen molar-refractivity contribution >= 4 is 11.6 Å². The van der Waals surface area contributed by atoms with Gasteiger partial charge in [-0.1, -0.05) is 121 Å². The first-order valence-corrected chi connectivity index (χ1v) is 16.7. The maximum Gasteiger partial charge on any atom is 0.199 e. The van der Waals surface area contributed by atoms with Gasteiger partial charge in [-0.3, -0.25) is 9.59 Å². The van der Waals surface area contributed by atoms with E-state index in [0.29, 0.717) is 22.3 Å². The van der Waals surface area contributed by atoms with Crippen molar-refractivity contribution in [2.24, 2.45) is 5.92 Å². The zero-order valence-corrected chi connectivity index (χ0v) is 27.7. The van der Waals surface area contributed by atoms with Crippen molar-refractivity contribution in [2.45, 2.75) is 73.8 Å². The molecule has 0 saturated carbocycles. The van der Waals surface area contributed by atoms with E-state index in [1.165, 1.54) is 0 Å². The standard InChI is InChI=1S/C41H42O9/c1-26(42)32-34(44)33(36(46)35(32)45)38-40(48,24-29-18-10-4-11-19-29)41(49,25-30-20-12-5-13-21-30)39(47,23-28-16-8-3-9-17-28)37(50-38)31(43)22-27-14-6-2-7-15-27/h2-21,31,33,36-38,43-44,46-49H,22-25H2,1H3/t31?,33?,36?,37-,38?,39-,40+,41+/m1/s1. The molecule has 0 spiro atoms. The molecule has 4 aromatic rings. The Hall–Kier alpha value is -4.48. The molecule has 0 radical (unpaired) electrons. The van der Waals surface area contributed by atoms with Gasteiger partial charge in [-0.25, -0.2) is 0 Å². The van der Waals surface area contributed by atoms with Crippen LogP contribution in [0.3, 0.4) is 0 Å². The summed E-state index contributed by atoms with van der Waals surface area (Å²) in [6, 6.07) is 35.2. The summed E-state index contributed by atoms with van der Waals surface area (Å²) < 4.78 is 6.60. The van der Waals surface area contributed by atoms with E-state index >= 15 is 0 Å². The molecule has 6 rings (SSSR count). The van der Waals surface area contributed by atoms with Crippen molar-refractivity contribution in [3.05, 3.63) is 155 Å². The average Bonchev–Trinajstić information content (AvgIpc) is 3.32. The third-order valence-electron chi connectivity index (χ3n) is 10.3. The highest BCUT2D eigenvalue weighted by molar-refractivity contribution is 6.23. The number of carbonyl (C=O) groups is 2. The third-order valence-corrected chi connectivity index (χ3v) is 10.3. The van der Waals surface area contributed by atoms with Gasteiger partial charge >= 0.3 is 0 Å². The zero-order valence-electron chi connectivity index (χ0n) is 27.7. The molecule has 4 aromatic carbocycles. The van der Waals surface area contributed by atoms with Gasteiger partial charge in [-0.2, -0.15) is 0 Å². The molecule has 1 aliphatic carbocycles. The summed E-state index contributed by atoms with van der Waals surface area (Å²) in [7, 11) is 0. The monoisotopic (exact) mass is 678 g/mol. The summed E-state index contributed by atoms with van der Waals surface area (Å²) in [4.78, 5) is 25.8. The highest BCUT2D eigenvalue weighted by Crippen LogP contribution is 2.54. The molecule has 260 valence electrons. The van der Waals surface area contributed by atoms with E-state index in [1.807, 2.05) is 6.07 Å². The van der Waals surface area contributed by atoms with Crippen LogP contribution >= 0.6 is 0 Å². The Balaban J connectivity index is 1.62. The number of aliphatic hydroxyl groups excluding tert-OH is 3. The number of rotatable bonds is 11. The fraction of sp³-hybridized carbons (Fsp3) is 0.317. The Morgan fingerprint density at radius 2 is 1.12 bits per heavy atom. The first kappa shape index (κ1) is 35.3. The smallest absolute Gasteiger partial charge is 0.199 e. The van der Waals surface area contributed by atoms with Crippen molar-refractivity contribution in [1.82, 2.24) is 0 Å². The normalized spacial score (nSPS) is 30.3. The highest BCUT2D eigenvalue weighted by Gasteiger charge is 2.74. The van der Waals surface area contributed by atoms with Gasteiger partial charge in [0.2, 0.25) is 0 Å². The van der Waals surface area contributed by atoms with Crippen LogP contribution in [0.4, 0.5) is 0 Å². The Morgan fingerprint density at radius 1 is 0.700 bits per heavy atom. The lowest BCUT2D eigenvalue weighted by molar-refractivity contribution is -0.373. The van der Waals surface area contributed by atoms with Gasteiger partial charge in [0.05, 0.1) is 12.0 Å². The summed E-state index contributed by atoms with van der Waals surface area (Å²) in [6.45, 7) is 1.08. The minimum Gasteiger partial charge on any atom is -0.511 e. The number of Topliss-reactive ketones (excluding diaryl/α,β-unsaturated/α-hetero) is 2. The molecule has 4 unspecified atom stereocenters. The van der Waals surface area contributed by atoms with Gasteiger partial charge in [0.15, 0.2) is 11.6 Å². The van der Waals surface area contributed by atoms with Crippen LogP contribution in [0, 0.1) is 5.92 Å². The molecule has 8 atom stereocenters. The van der Waals surface area contributed by atoms with Crippen molar-refractivity contribution in [3.63, 3.8) is 0 Å². The van der Waals surface area contributed by atoms with E-state index < -0.39 is 70.0 Å². The molecule has 9 heteroatoms. The molecule has 1 fully saturated rings. The largest absolute Gasteiger partial charge is 0.511 e. The van der Waals surface area contributed by atoms with Crippen LogP contribution in [0.5, 0.6) is 0 Å². The molecule has 1 heterocycles. The highest BCUT2D eigenvalue weighted by atomic mass is 16.6. The number of aliphatic hydroxyl groups is 6. The molecule has 0 amide bonds. The van der Waals surface area contributed by atoms with Gasteiger partial charge in [0.25, 0.3) is 0 Å². The van der Waals surface area contributed by atoms with Gasteiger partial charge in [-0.05, 0) is 29.2 Å². The summed E-state index contributed by atoms with van der Waals surface area (Å²) in [5.41, 5.74) is -5.94. The molecule has 0 bridgehead atoms. The Bertz CT molecular complexity index is 1830. The third kappa shape index (κ3) is 6.21. The van der Waals surface area contributed by atoms with Gasteiger partial charge in [-0.15, -0.1) is 0 Å². The van der Waals surface area contributed by atoms with E-state index in [1.54, 1.807) is 115 Å². The second kappa shape index (κ2) is 14.0. The predicted octanol–water partition coefficient (Wildman–Crippen LogP) is 3.24. The van der Waals surface area contributed by atoms with Gasteiger partial charge < -0.3 is 35.4 Å². The van der Waals surface area contributed by atoms with Crippen LogP contribution in [0.1, 0.15) is 29.2 Å². The molecular formula is C41H42O9. The molecule has 1 aliphatic heterocycles. The van der Waals surface area contributed by atoms with Crippen LogP contribution in [-0.4, -0.2) is 83.4 Å². The lowest BCUT2D eigenvalue weighted by Crippen LogP contribution is -2.84. The van der Waals surface area contributed by atoms with Crippen LogP contribution in [0.25, 0.3) is 0 Å².